The smallest absolute Gasteiger partial charge is 0.263 e. The summed E-state index contributed by atoms with van der Waals surface area (Å²) < 4.78 is 43.8. The molecule has 0 bridgehead atoms. The van der Waals surface area contributed by atoms with Crippen LogP contribution in [-0.2, 0) is 17.1 Å². The van der Waals surface area contributed by atoms with Crippen LogP contribution < -0.4 is 4.72 Å². The van der Waals surface area contributed by atoms with Crippen LogP contribution in [0.5, 0.6) is 0 Å². The van der Waals surface area contributed by atoms with Gasteiger partial charge in [0.15, 0.2) is 0 Å². The second-order valence-electron chi connectivity index (χ2n) is 7.00. The summed E-state index contributed by atoms with van der Waals surface area (Å²) in [6.45, 7) is 3.62. The van der Waals surface area contributed by atoms with E-state index in [4.69, 9.17) is 0 Å². The monoisotopic (exact) mass is 441 g/mol. The molecule has 5 nitrogen and oxygen atoms in total. The first-order chi connectivity index (χ1) is 14.3. The number of aryl methyl sites for hydroxylation is 1. The van der Waals surface area contributed by atoms with E-state index in [-0.39, 0.29) is 10.7 Å². The van der Waals surface area contributed by atoms with Crippen molar-refractivity contribution in [3.05, 3.63) is 77.1 Å². The standard InChI is InChI=1S/C22H20FN3O2S2/c1-14-6-4-5-7-18(14)25-30(27,28)21-12-20(26(3)15(21)2)22-24-19(13-29-22)16-8-10-17(23)11-9-16/h4-13,25H,1-3H3. The maximum atomic E-state index is 13.2. The van der Waals surface area contributed by atoms with Gasteiger partial charge in [0.1, 0.15) is 15.7 Å². The van der Waals surface area contributed by atoms with Crippen molar-refractivity contribution < 1.29 is 12.8 Å². The lowest BCUT2D eigenvalue weighted by molar-refractivity contribution is 0.600. The number of thiazole rings is 1. The van der Waals surface area contributed by atoms with Crippen LogP contribution in [0, 0.1) is 19.7 Å². The van der Waals surface area contributed by atoms with Crippen molar-refractivity contribution in [2.24, 2.45) is 7.05 Å². The van der Waals surface area contributed by atoms with Crippen LogP contribution in [-0.4, -0.2) is 18.0 Å². The van der Waals surface area contributed by atoms with Crippen molar-refractivity contribution in [1.82, 2.24) is 9.55 Å². The minimum absolute atomic E-state index is 0.210. The summed E-state index contributed by atoms with van der Waals surface area (Å²) in [5, 5.41) is 2.57. The molecule has 0 aliphatic carbocycles. The molecule has 2 aromatic heterocycles. The summed E-state index contributed by atoms with van der Waals surface area (Å²) in [6, 6.07) is 15.0. The van der Waals surface area contributed by atoms with Crippen LogP contribution >= 0.6 is 11.3 Å². The van der Waals surface area contributed by atoms with Crippen molar-refractivity contribution in [2.75, 3.05) is 4.72 Å². The Labute approximate surface area is 178 Å². The molecule has 0 radical (unpaired) electrons. The molecule has 1 N–H and O–H groups in total. The Morgan fingerprint density at radius 3 is 2.47 bits per heavy atom. The molecule has 4 aromatic rings. The average Bonchev–Trinajstić information content (AvgIpc) is 3.30. The molecule has 2 heterocycles. The second kappa shape index (κ2) is 7.70. The summed E-state index contributed by atoms with van der Waals surface area (Å²) in [6.07, 6.45) is 0. The minimum Gasteiger partial charge on any atom is -0.345 e. The Hall–Kier alpha value is -2.97. The third-order valence-corrected chi connectivity index (χ3v) is 7.38. The third-order valence-electron chi connectivity index (χ3n) is 5.03. The van der Waals surface area contributed by atoms with Gasteiger partial charge in [0, 0.05) is 23.7 Å². The number of para-hydroxylation sites is 1. The van der Waals surface area contributed by atoms with Crippen LogP contribution in [0.1, 0.15) is 11.3 Å². The molecule has 2 aromatic carbocycles. The minimum atomic E-state index is -3.76. The van der Waals surface area contributed by atoms with Crippen LogP contribution in [0.4, 0.5) is 10.1 Å². The molecule has 0 unspecified atom stereocenters. The van der Waals surface area contributed by atoms with E-state index >= 15 is 0 Å². The highest BCUT2D eigenvalue weighted by Gasteiger charge is 2.24. The number of hydrogen-bond acceptors (Lipinski definition) is 4. The van der Waals surface area contributed by atoms with Crippen molar-refractivity contribution in [3.63, 3.8) is 0 Å². The Kier molecular flexibility index (Phi) is 5.21. The molecule has 0 fully saturated rings. The highest BCUT2D eigenvalue weighted by molar-refractivity contribution is 7.92. The molecule has 0 saturated heterocycles. The van der Waals surface area contributed by atoms with Gasteiger partial charge in [0.05, 0.1) is 17.1 Å². The van der Waals surface area contributed by atoms with Gasteiger partial charge in [-0.15, -0.1) is 11.3 Å². The van der Waals surface area contributed by atoms with Crippen LogP contribution in [0.2, 0.25) is 0 Å². The maximum Gasteiger partial charge on any atom is 0.263 e. The molecule has 8 heteroatoms. The average molecular weight is 442 g/mol. The van der Waals surface area contributed by atoms with E-state index in [1.54, 1.807) is 37.3 Å². The second-order valence-corrected chi connectivity index (χ2v) is 9.51. The maximum absolute atomic E-state index is 13.2. The molecule has 0 saturated carbocycles. The number of aromatic nitrogens is 2. The predicted octanol–water partition coefficient (Wildman–Crippen LogP) is 5.37. The van der Waals surface area contributed by atoms with E-state index in [1.807, 2.05) is 36.1 Å². The SMILES string of the molecule is Cc1ccccc1NS(=O)(=O)c1cc(-c2nc(-c3ccc(F)cc3)cs2)n(C)c1C. The van der Waals surface area contributed by atoms with E-state index in [1.165, 1.54) is 23.5 Å². The molecule has 154 valence electrons. The summed E-state index contributed by atoms with van der Waals surface area (Å²) in [7, 11) is -1.95. The lowest BCUT2D eigenvalue weighted by Crippen LogP contribution is -2.14. The molecule has 4 rings (SSSR count). The number of rotatable bonds is 5. The number of halogens is 1. The van der Waals surface area contributed by atoms with Gasteiger partial charge in [0.2, 0.25) is 0 Å². The summed E-state index contributed by atoms with van der Waals surface area (Å²) >= 11 is 1.41. The van der Waals surface area contributed by atoms with Crippen LogP contribution in [0.15, 0.2) is 64.9 Å². The number of hydrogen-bond donors (Lipinski definition) is 1. The fourth-order valence-corrected chi connectivity index (χ4v) is 5.48. The van der Waals surface area contributed by atoms with E-state index in [0.29, 0.717) is 22.1 Å². The molecule has 0 spiro atoms. The number of nitrogens with one attached hydrogen (secondary N) is 1. The van der Waals surface area contributed by atoms with Crippen molar-refractivity contribution in [2.45, 2.75) is 18.7 Å². The fraction of sp³-hybridized carbons (Fsp3) is 0.136. The highest BCUT2D eigenvalue weighted by atomic mass is 32.2. The molecule has 30 heavy (non-hydrogen) atoms. The Bertz CT molecular complexity index is 1320. The van der Waals surface area contributed by atoms with Gasteiger partial charge in [-0.2, -0.15) is 0 Å². The van der Waals surface area contributed by atoms with Gasteiger partial charge < -0.3 is 4.57 Å². The first-order valence-corrected chi connectivity index (χ1v) is 11.6. The lowest BCUT2D eigenvalue weighted by atomic mass is 10.2. The zero-order valence-electron chi connectivity index (χ0n) is 16.7. The summed E-state index contributed by atoms with van der Waals surface area (Å²) in [4.78, 5) is 4.85. The first-order valence-electron chi connectivity index (χ1n) is 9.23. The Balaban J connectivity index is 1.70. The zero-order valence-corrected chi connectivity index (χ0v) is 18.3. The molecule has 0 amide bonds. The van der Waals surface area contributed by atoms with Crippen molar-refractivity contribution in [3.8, 4) is 22.0 Å². The molecule has 0 atom stereocenters. The van der Waals surface area contributed by atoms with Gasteiger partial charge in [0.25, 0.3) is 10.0 Å². The largest absolute Gasteiger partial charge is 0.345 e. The molecule has 0 aliphatic heterocycles. The van der Waals surface area contributed by atoms with Gasteiger partial charge in [-0.25, -0.2) is 17.8 Å². The molecular formula is C22H20FN3O2S2. The van der Waals surface area contributed by atoms with Crippen molar-refractivity contribution >= 4 is 27.0 Å². The van der Waals surface area contributed by atoms with Crippen molar-refractivity contribution in [1.29, 1.82) is 0 Å². The van der Waals surface area contributed by atoms with Gasteiger partial charge >= 0.3 is 0 Å². The van der Waals surface area contributed by atoms with E-state index in [2.05, 4.69) is 9.71 Å². The van der Waals surface area contributed by atoms with Gasteiger partial charge in [-0.3, -0.25) is 4.72 Å². The lowest BCUT2D eigenvalue weighted by Gasteiger charge is -2.10. The van der Waals surface area contributed by atoms with Gasteiger partial charge in [-0.05, 0) is 55.8 Å². The number of anilines is 1. The van der Waals surface area contributed by atoms with Crippen LogP contribution in [0.25, 0.3) is 22.0 Å². The topological polar surface area (TPSA) is 64.0 Å². The van der Waals surface area contributed by atoms with Crippen LogP contribution in [0.3, 0.4) is 0 Å². The highest BCUT2D eigenvalue weighted by Crippen LogP contribution is 2.33. The zero-order chi connectivity index (χ0) is 21.5. The Morgan fingerprint density at radius 1 is 1.07 bits per heavy atom. The number of benzene rings is 2. The number of sulfonamides is 1. The van der Waals surface area contributed by atoms with E-state index in [0.717, 1.165) is 16.8 Å². The third kappa shape index (κ3) is 3.76. The summed E-state index contributed by atoms with van der Waals surface area (Å²) in [5.74, 6) is -0.303. The number of nitrogens with zero attached hydrogens (tertiary/aromatic N) is 2. The fourth-order valence-electron chi connectivity index (χ4n) is 3.18. The molecule has 0 aliphatic rings. The summed E-state index contributed by atoms with van der Waals surface area (Å²) in [5.41, 5.74) is 4.24. The normalized spacial score (nSPS) is 11.6. The van der Waals surface area contributed by atoms with E-state index in [9.17, 15) is 12.8 Å². The van der Waals surface area contributed by atoms with E-state index < -0.39 is 10.0 Å². The molecular weight excluding hydrogens is 421 g/mol. The predicted molar refractivity (Wildman–Crippen MR) is 119 cm³/mol. The first kappa shape index (κ1) is 20.3. The van der Waals surface area contributed by atoms with Gasteiger partial charge in [-0.1, -0.05) is 18.2 Å². The Morgan fingerprint density at radius 2 is 1.77 bits per heavy atom. The quantitative estimate of drug-likeness (QED) is 0.453.